The number of aromatic nitrogens is 3. The van der Waals surface area contributed by atoms with Crippen molar-refractivity contribution in [3.63, 3.8) is 0 Å². The third kappa shape index (κ3) is 5.50. The first-order valence-corrected chi connectivity index (χ1v) is 10.4. The van der Waals surface area contributed by atoms with Gasteiger partial charge in [-0.2, -0.15) is 4.98 Å². The summed E-state index contributed by atoms with van der Waals surface area (Å²) in [5.74, 6) is 0.279. The Hall–Kier alpha value is -3.42. The maximum atomic E-state index is 10.6. The molecule has 7 nitrogen and oxygen atoms in total. The van der Waals surface area contributed by atoms with Crippen LogP contribution in [0.25, 0.3) is 34.0 Å². The molecule has 4 aromatic rings. The van der Waals surface area contributed by atoms with Gasteiger partial charge in [0.25, 0.3) is 5.89 Å². The van der Waals surface area contributed by atoms with E-state index in [1.807, 2.05) is 24.3 Å². The molecule has 0 fully saturated rings. The van der Waals surface area contributed by atoms with Crippen LogP contribution >= 0.6 is 24.0 Å². The van der Waals surface area contributed by atoms with Gasteiger partial charge < -0.3 is 14.9 Å². The third-order valence-electron chi connectivity index (χ3n) is 5.07. The number of hydrogen-bond donors (Lipinski definition) is 2. The Morgan fingerprint density at radius 3 is 2.52 bits per heavy atom. The van der Waals surface area contributed by atoms with Crippen molar-refractivity contribution in [2.45, 2.75) is 20.3 Å². The molecule has 2 N–H and O–H groups in total. The Bertz CT molecular complexity index is 1290. The van der Waals surface area contributed by atoms with Gasteiger partial charge in [0.1, 0.15) is 5.82 Å². The predicted molar refractivity (Wildman–Crippen MR) is 131 cm³/mol. The molecule has 0 spiro atoms. The zero-order valence-corrected chi connectivity index (χ0v) is 19.6. The molecule has 0 aliphatic carbocycles. The molecule has 0 radical (unpaired) electrons. The number of halogens is 2. The first-order valence-electron chi connectivity index (χ1n) is 10.0. The number of rotatable bonds is 7. The number of nitrogens with zero attached hydrogens (tertiary/aromatic N) is 3. The van der Waals surface area contributed by atoms with Crippen LogP contribution in [0, 0.1) is 13.8 Å². The second-order valence-electron chi connectivity index (χ2n) is 7.39. The number of aliphatic carboxylic acids is 1. The molecule has 0 aliphatic rings. The molecule has 0 aliphatic heterocycles. The first kappa shape index (κ1) is 24.2. The fraction of sp³-hybridized carbons (Fsp3) is 0.167. The third-order valence-corrected chi connectivity index (χ3v) is 5.35. The van der Waals surface area contributed by atoms with Crippen molar-refractivity contribution in [3.05, 3.63) is 70.9 Å². The summed E-state index contributed by atoms with van der Waals surface area (Å²) in [6, 6.07) is 16.0. The van der Waals surface area contributed by atoms with Gasteiger partial charge in [0.15, 0.2) is 0 Å². The van der Waals surface area contributed by atoms with Crippen LogP contribution in [-0.2, 0) is 4.79 Å². The average molecular weight is 485 g/mol. The molecular weight excluding hydrogens is 463 g/mol. The second kappa shape index (κ2) is 10.5. The minimum absolute atomic E-state index is 0. The smallest absolute Gasteiger partial charge is 0.305 e. The normalized spacial score (nSPS) is 10.5. The van der Waals surface area contributed by atoms with Crippen molar-refractivity contribution < 1.29 is 14.4 Å². The number of pyridine rings is 1. The van der Waals surface area contributed by atoms with E-state index in [2.05, 4.69) is 52.5 Å². The van der Waals surface area contributed by atoms with Gasteiger partial charge in [-0.25, -0.2) is 4.98 Å². The Morgan fingerprint density at radius 1 is 1.06 bits per heavy atom. The van der Waals surface area contributed by atoms with E-state index in [0.717, 1.165) is 16.7 Å². The number of benzene rings is 2. The lowest BCUT2D eigenvalue weighted by Crippen LogP contribution is -2.08. The Balaban J connectivity index is 0.00000306. The Labute approximate surface area is 202 Å². The highest BCUT2D eigenvalue weighted by Gasteiger charge is 2.14. The van der Waals surface area contributed by atoms with Crippen LogP contribution in [0.15, 0.2) is 59.3 Å². The summed E-state index contributed by atoms with van der Waals surface area (Å²) in [6.45, 7) is 4.38. The summed E-state index contributed by atoms with van der Waals surface area (Å²) in [5, 5.41) is 16.0. The van der Waals surface area contributed by atoms with Crippen molar-refractivity contribution in [2.75, 3.05) is 11.9 Å². The molecule has 2 aromatic carbocycles. The van der Waals surface area contributed by atoms with Crippen LogP contribution in [0.3, 0.4) is 0 Å². The van der Waals surface area contributed by atoms with Crippen LogP contribution in [0.4, 0.5) is 5.82 Å². The van der Waals surface area contributed by atoms with E-state index in [0.29, 0.717) is 28.1 Å². The lowest BCUT2D eigenvalue weighted by molar-refractivity contribution is -0.136. The molecule has 0 saturated carbocycles. The summed E-state index contributed by atoms with van der Waals surface area (Å²) >= 11 is 6.27. The highest BCUT2D eigenvalue weighted by atomic mass is 35.5. The van der Waals surface area contributed by atoms with Gasteiger partial charge in [0.2, 0.25) is 5.82 Å². The van der Waals surface area contributed by atoms with Crippen molar-refractivity contribution >= 4 is 35.8 Å². The van der Waals surface area contributed by atoms with E-state index >= 15 is 0 Å². The lowest BCUT2D eigenvalue weighted by atomic mass is 9.95. The molecule has 0 unspecified atom stereocenters. The molecular formula is C24H22Cl2N4O3. The monoisotopic (exact) mass is 484 g/mol. The maximum absolute atomic E-state index is 10.6. The minimum atomic E-state index is -0.897. The average Bonchev–Trinajstić information content (AvgIpc) is 3.25. The van der Waals surface area contributed by atoms with Gasteiger partial charge >= 0.3 is 5.97 Å². The van der Waals surface area contributed by atoms with E-state index in [1.54, 1.807) is 12.3 Å². The molecule has 2 aromatic heterocycles. The van der Waals surface area contributed by atoms with Gasteiger partial charge in [-0.3, -0.25) is 4.79 Å². The Morgan fingerprint density at radius 2 is 1.82 bits per heavy atom. The van der Waals surface area contributed by atoms with Gasteiger partial charge in [-0.1, -0.05) is 47.1 Å². The van der Waals surface area contributed by atoms with Crippen LogP contribution in [0.5, 0.6) is 0 Å². The molecule has 0 atom stereocenters. The zero-order valence-electron chi connectivity index (χ0n) is 18.0. The molecule has 0 saturated heterocycles. The van der Waals surface area contributed by atoms with Gasteiger partial charge in [0, 0.05) is 23.9 Å². The van der Waals surface area contributed by atoms with Crippen molar-refractivity contribution in [1.29, 1.82) is 0 Å². The second-order valence-corrected chi connectivity index (χ2v) is 7.80. The van der Waals surface area contributed by atoms with Gasteiger partial charge in [0.05, 0.1) is 11.4 Å². The minimum Gasteiger partial charge on any atom is -0.481 e. The molecule has 0 amide bonds. The quantitative estimate of drug-likeness (QED) is 0.329. The highest BCUT2D eigenvalue weighted by molar-refractivity contribution is 6.33. The molecule has 0 bridgehead atoms. The molecule has 4 rings (SSSR count). The van der Waals surface area contributed by atoms with Crippen LogP contribution in [-0.4, -0.2) is 32.7 Å². The number of aryl methyl sites for hydroxylation is 2. The van der Waals surface area contributed by atoms with Crippen molar-refractivity contribution in [1.82, 2.24) is 15.1 Å². The van der Waals surface area contributed by atoms with Crippen LogP contribution in [0.2, 0.25) is 5.02 Å². The van der Waals surface area contributed by atoms with Crippen LogP contribution in [0.1, 0.15) is 17.5 Å². The number of anilines is 1. The Kier molecular flexibility index (Phi) is 7.68. The van der Waals surface area contributed by atoms with E-state index in [-0.39, 0.29) is 25.4 Å². The molecule has 170 valence electrons. The SMILES string of the molecule is Cc1ccccc1-c1ccc(-c2nc(-c3cnc(NCCC(=O)O)c(Cl)c3)no2)cc1C.Cl. The topological polar surface area (TPSA) is 101 Å². The molecule has 9 heteroatoms. The summed E-state index contributed by atoms with van der Waals surface area (Å²) in [4.78, 5) is 19.4. The van der Waals surface area contributed by atoms with Crippen molar-refractivity contribution in [2.24, 2.45) is 0 Å². The number of hydrogen-bond acceptors (Lipinski definition) is 6. The van der Waals surface area contributed by atoms with Gasteiger partial charge in [-0.15, -0.1) is 12.4 Å². The van der Waals surface area contributed by atoms with E-state index < -0.39 is 5.97 Å². The van der Waals surface area contributed by atoms with E-state index in [9.17, 15) is 4.79 Å². The zero-order chi connectivity index (χ0) is 22.7. The van der Waals surface area contributed by atoms with E-state index in [1.165, 1.54) is 11.1 Å². The first-order chi connectivity index (χ1) is 15.4. The van der Waals surface area contributed by atoms with Crippen molar-refractivity contribution in [3.8, 4) is 34.0 Å². The lowest BCUT2D eigenvalue weighted by Gasteiger charge is -2.10. The van der Waals surface area contributed by atoms with Gasteiger partial charge in [-0.05, 0) is 54.3 Å². The standard InChI is InChI=1S/C24H21ClN4O3.ClH/c1-14-5-3-4-6-18(14)19-8-7-16(11-15(19)2)24-28-22(29-32-24)17-12-20(25)23(27-13-17)26-10-9-21(30)31;/h3-8,11-13H,9-10H2,1-2H3,(H,26,27)(H,30,31);1H. The number of carbonyl (C=O) groups is 1. The largest absolute Gasteiger partial charge is 0.481 e. The fourth-order valence-corrected chi connectivity index (χ4v) is 3.64. The van der Waals surface area contributed by atoms with Crippen LogP contribution < -0.4 is 5.32 Å². The van der Waals surface area contributed by atoms with E-state index in [4.69, 9.17) is 21.2 Å². The summed E-state index contributed by atoms with van der Waals surface area (Å²) in [6.07, 6.45) is 1.53. The predicted octanol–water partition coefficient (Wildman–Crippen LogP) is 6.04. The number of carboxylic acids is 1. The summed E-state index contributed by atoms with van der Waals surface area (Å²) in [7, 11) is 0. The molecule has 2 heterocycles. The molecule has 33 heavy (non-hydrogen) atoms. The number of nitrogens with one attached hydrogen (secondary N) is 1. The summed E-state index contributed by atoms with van der Waals surface area (Å²) < 4.78 is 5.48. The summed E-state index contributed by atoms with van der Waals surface area (Å²) in [5.41, 5.74) is 6.10. The number of carboxylic acid groups (broad SMARTS) is 1. The highest BCUT2D eigenvalue weighted by Crippen LogP contribution is 2.31. The maximum Gasteiger partial charge on any atom is 0.305 e. The fourth-order valence-electron chi connectivity index (χ4n) is 3.41.